The number of hydrogen-bond acceptors (Lipinski definition) is 3. The predicted molar refractivity (Wildman–Crippen MR) is 105 cm³/mol. The van der Waals surface area contributed by atoms with Crippen LogP contribution in [-0.2, 0) is 6.61 Å². The van der Waals surface area contributed by atoms with E-state index in [2.05, 4.69) is 10.5 Å². The molecule has 0 amide bonds. The fourth-order valence-corrected chi connectivity index (χ4v) is 2.46. The molecule has 1 N–H and O–H groups in total. The lowest BCUT2D eigenvalue weighted by atomic mass is 10.2. The van der Waals surface area contributed by atoms with Crippen LogP contribution < -0.4 is 10.2 Å². The highest BCUT2D eigenvalue weighted by Crippen LogP contribution is 2.23. The van der Waals surface area contributed by atoms with Gasteiger partial charge in [-0.1, -0.05) is 47.5 Å². The normalized spacial score (nSPS) is 10.8. The van der Waals surface area contributed by atoms with Crippen LogP contribution in [0.4, 0.5) is 5.69 Å². The Morgan fingerprint density at radius 2 is 1.64 bits per heavy atom. The molecule has 3 aromatic carbocycles. The minimum atomic E-state index is 0.430. The average Bonchev–Trinajstić information content (AvgIpc) is 2.65. The van der Waals surface area contributed by atoms with Crippen molar-refractivity contribution >= 4 is 35.1 Å². The van der Waals surface area contributed by atoms with Gasteiger partial charge >= 0.3 is 0 Å². The van der Waals surface area contributed by atoms with Crippen molar-refractivity contribution in [3.8, 4) is 5.75 Å². The molecular formula is C20H16Cl2N2O. The van der Waals surface area contributed by atoms with Crippen molar-refractivity contribution in [1.29, 1.82) is 0 Å². The highest BCUT2D eigenvalue weighted by Gasteiger charge is 2.01. The van der Waals surface area contributed by atoms with Gasteiger partial charge in [0.2, 0.25) is 0 Å². The lowest BCUT2D eigenvalue weighted by Gasteiger charge is -2.07. The zero-order valence-electron chi connectivity index (χ0n) is 13.3. The zero-order valence-corrected chi connectivity index (χ0v) is 14.8. The van der Waals surface area contributed by atoms with Gasteiger partial charge < -0.3 is 4.74 Å². The van der Waals surface area contributed by atoms with Crippen LogP contribution in [0.5, 0.6) is 5.75 Å². The second-order valence-electron chi connectivity index (χ2n) is 5.34. The molecule has 0 heterocycles. The summed E-state index contributed by atoms with van der Waals surface area (Å²) in [5, 5.41) is 5.28. The monoisotopic (exact) mass is 370 g/mol. The highest BCUT2D eigenvalue weighted by atomic mass is 35.5. The van der Waals surface area contributed by atoms with Crippen molar-refractivity contribution in [2.24, 2.45) is 5.10 Å². The van der Waals surface area contributed by atoms with Crippen LogP contribution in [0.15, 0.2) is 77.9 Å². The largest absolute Gasteiger partial charge is 0.489 e. The van der Waals surface area contributed by atoms with Crippen LogP contribution in [0, 0.1) is 0 Å². The number of nitrogens with one attached hydrogen (secondary N) is 1. The summed E-state index contributed by atoms with van der Waals surface area (Å²) in [5.74, 6) is 0.777. The van der Waals surface area contributed by atoms with Gasteiger partial charge in [-0.3, -0.25) is 5.43 Å². The summed E-state index contributed by atoms with van der Waals surface area (Å²) in [6.45, 7) is 0.430. The van der Waals surface area contributed by atoms with E-state index in [-0.39, 0.29) is 0 Å². The van der Waals surface area contributed by atoms with Crippen LogP contribution >= 0.6 is 23.2 Å². The van der Waals surface area contributed by atoms with Gasteiger partial charge in [-0.2, -0.15) is 5.10 Å². The number of halogens is 2. The number of ether oxygens (including phenoxy) is 1. The van der Waals surface area contributed by atoms with E-state index in [1.807, 2.05) is 60.7 Å². The minimum Gasteiger partial charge on any atom is -0.489 e. The Bertz CT molecular complexity index is 849. The first-order chi connectivity index (χ1) is 12.2. The van der Waals surface area contributed by atoms with E-state index in [1.165, 1.54) is 0 Å². The van der Waals surface area contributed by atoms with Crippen LogP contribution in [0.25, 0.3) is 0 Å². The molecule has 0 atom stereocenters. The van der Waals surface area contributed by atoms with Crippen LogP contribution in [0.2, 0.25) is 10.0 Å². The maximum Gasteiger partial charge on any atom is 0.119 e. The van der Waals surface area contributed by atoms with E-state index in [0.29, 0.717) is 16.7 Å². The Morgan fingerprint density at radius 3 is 2.36 bits per heavy atom. The SMILES string of the molecule is Clc1ccc(COc2ccc(/C=N/Nc3ccccc3)cc2)cc1Cl. The third-order valence-corrected chi connectivity index (χ3v) is 4.19. The van der Waals surface area contributed by atoms with Gasteiger partial charge in [-0.15, -0.1) is 0 Å². The zero-order chi connectivity index (χ0) is 17.5. The van der Waals surface area contributed by atoms with Gasteiger partial charge in [0.15, 0.2) is 0 Å². The Kier molecular flexibility index (Phi) is 5.94. The van der Waals surface area contributed by atoms with Crippen LogP contribution in [-0.4, -0.2) is 6.21 Å². The number of hydrazone groups is 1. The quantitative estimate of drug-likeness (QED) is 0.425. The van der Waals surface area contributed by atoms with Gasteiger partial charge in [0.1, 0.15) is 12.4 Å². The molecule has 126 valence electrons. The lowest BCUT2D eigenvalue weighted by molar-refractivity contribution is 0.306. The van der Waals surface area contributed by atoms with Crippen molar-refractivity contribution in [2.75, 3.05) is 5.43 Å². The Balaban J connectivity index is 1.54. The first kappa shape index (κ1) is 17.3. The molecule has 0 saturated heterocycles. The van der Waals surface area contributed by atoms with E-state index in [4.69, 9.17) is 27.9 Å². The van der Waals surface area contributed by atoms with E-state index in [9.17, 15) is 0 Å². The maximum atomic E-state index is 6.00. The van der Waals surface area contributed by atoms with E-state index < -0.39 is 0 Å². The van der Waals surface area contributed by atoms with Gasteiger partial charge in [-0.25, -0.2) is 0 Å². The van der Waals surface area contributed by atoms with Crippen molar-refractivity contribution in [3.05, 3.63) is 94.0 Å². The summed E-state index contributed by atoms with van der Waals surface area (Å²) >= 11 is 11.9. The highest BCUT2D eigenvalue weighted by molar-refractivity contribution is 6.42. The minimum absolute atomic E-state index is 0.430. The van der Waals surface area contributed by atoms with Crippen LogP contribution in [0.3, 0.4) is 0 Å². The van der Waals surface area contributed by atoms with Crippen molar-refractivity contribution in [1.82, 2.24) is 0 Å². The van der Waals surface area contributed by atoms with Crippen molar-refractivity contribution < 1.29 is 4.74 Å². The molecular weight excluding hydrogens is 355 g/mol. The second kappa shape index (κ2) is 8.56. The first-order valence-corrected chi connectivity index (χ1v) is 8.47. The number of rotatable bonds is 6. The second-order valence-corrected chi connectivity index (χ2v) is 6.16. The number of para-hydroxylation sites is 1. The molecule has 3 rings (SSSR count). The third-order valence-electron chi connectivity index (χ3n) is 3.45. The molecule has 0 saturated carbocycles. The summed E-state index contributed by atoms with van der Waals surface area (Å²) in [6.07, 6.45) is 1.76. The molecule has 3 aromatic rings. The molecule has 5 heteroatoms. The number of hydrogen-bond donors (Lipinski definition) is 1. The summed E-state index contributed by atoms with van der Waals surface area (Å²) in [5.41, 5.74) is 5.87. The summed E-state index contributed by atoms with van der Waals surface area (Å²) in [4.78, 5) is 0. The van der Waals surface area contributed by atoms with E-state index in [0.717, 1.165) is 22.6 Å². The number of nitrogens with zero attached hydrogens (tertiary/aromatic N) is 1. The van der Waals surface area contributed by atoms with Gasteiger partial charge in [0, 0.05) is 0 Å². The smallest absolute Gasteiger partial charge is 0.119 e. The molecule has 0 unspecified atom stereocenters. The van der Waals surface area contributed by atoms with Gasteiger partial charge in [-0.05, 0) is 59.7 Å². The fraction of sp³-hybridized carbons (Fsp3) is 0.0500. The van der Waals surface area contributed by atoms with Gasteiger partial charge in [0.25, 0.3) is 0 Å². The van der Waals surface area contributed by atoms with Crippen molar-refractivity contribution in [2.45, 2.75) is 6.61 Å². The molecule has 0 aliphatic heterocycles. The molecule has 0 aromatic heterocycles. The number of anilines is 1. The molecule has 0 spiro atoms. The Labute approximate surface area is 156 Å². The van der Waals surface area contributed by atoms with E-state index in [1.54, 1.807) is 18.3 Å². The van der Waals surface area contributed by atoms with Crippen molar-refractivity contribution in [3.63, 3.8) is 0 Å². The molecule has 0 fully saturated rings. The Hall–Kier alpha value is -2.49. The summed E-state index contributed by atoms with van der Waals surface area (Å²) in [7, 11) is 0. The standard InChI is InChI=1S/C20H16Cl2N2O/c21-19-11-8-16(12-20(19)22)14-25-18-9-6-15(7-10-18)13-23-24-17-4-2-1-3-5-17/h1-13,24H,14H2/b23-13+. The third kappa shape index (κ3) is 5.24. The molecule has 0 radical (unpaired) electrons. The summed E-state index contributed by atoms with van der Waals surface area (Å²) < 4.78 is 5.75. The summed E-state index contributed by atoms with van der Waals surface area (Å²) in [6, 6.07) is 23.0. The Morgan fingerprint density at radius 1 is 0.880 bits per heavy atom. The molecule has 0 aliphatic rings. The first-order valence-electron chi connectivity index (χ1n) is 7.71. The molecule has 0 bridgehead atoms. The predicted octanol–water partition coefficient (Wildman–Crippen LogP) is 6.02. The molecule has 3 nitrogen and oxygen atoms in total. The lowest BCUT2D eigenvalue weighted by Crippen LogP contribution is -1.96. The van der Waals surface area contributed by atoms with Crippen LogP contribution in [0.1, 0.15) is 11.1 Å². The van der Waals surface area contributed by atoms with Gasteiger partial charge in [0.05, 0.1) is 21.9 Å². The maximum absolute atomic E-state index is 6.00. The topological polar surface area (TPSA) is 33.6 Å². The molecule has 0 aliphatic carbocycles. The molecule has 25 heavy (non-hydrogen) atoms. The fourth-order valence-electron chi connectivity index (χ4n) is 2.14. The van der Waals surface area contributed by atoms with E-state index >= 15 is 0 Å². The average molecular weight is 371 g/mol. The number of benzene rings is 3.